The Kier molecular flexibility index (Phi) is 69.1. The summed E-state index contributed by atoms with van der Waals surface area (Å²) in [7, 11) is -9.99. The maximum Gasteiger partial charge on any atom is 0.472 e. The Morgan fingerprint density at radius 2 is 0.560 bits per heavy atom. The van der Waals surface area contributed by atoms with Gasteiger partial charge < -0.3 is 33.8 Å². The molecule has 0 aromatic carbocycles. The topological polar surface area (TPSA) is 237 Å². The molecule has 3 N–H and O–H groups in total. The molecular formula is C81H136O17P2. The highest BCUT2D eigenvalue weighted by Crippen LogP contribution is 2.45. The monoisotopic (exact) mass is 1440 g/mol. The number of phosphoric acid groups is 2. The van der Waals surface area contributed by atoms with E-state index in [2.05, 4.69) is 137 Å². The first-order valence-electron chi connectivity index (χ1n) is 38.4. The van der Waals surface area contributed by atoms with Crippen LogP contribution in [0, 0.1) is 0 Å². The zero-order valence-electron chi connectivity index (χ0n) is 62.3. The van der Waals surface area contributed by atoms with Crippen LogP contribution in [0.1, 0.15) is 297 Å². The van der Waals surface area contributed by atoms with Gasteiger partial charge in [0.2, 0.25) is 0 Å². The first-order chi connectivity index (χ1) is 48.7. The molecule has 17 nitrogen and oxygen atoms in total. The molecule has 0 aromatic heterocycles. The van der Waals surface area contributed by atoms with Gasteiger partial charge in [-0.15, -0.1) is 0 Å². The van der Waals surface area contributed by atoms with Crippen molar-refractivity contribution in [3.63, 3.8) is 0 Å². The Balaban J connectivity index is 5.46. The summed E-state index contributed by atoms with van der Waals surface area (Å²) in [6, 6.07) is 0. The van der Waals surface area contributed by atoms with E-state index in [4.69, 9.17) is 37.0 Å². The summed E-state index contributed by atoms with van der Waals surface area (Å²) >= 11 is 0. The zero-order valence-corrected chi connectivity index (χ0v) is 64.1. The standard InChI is InChI=1S/C81H136O17P2/c1-5-9-13-17-21-25-29-33-37-41-45-49-53-57-61-65-78(83)91-71-76(97-80(85)67-63-59-55-51-47-43-39-35-31-27-23-19-15-11-7-3)73-95-99(87,88)93-69-75(82)70-94-100(89,90)96-74-77(98-81(86)68-64-60-56-52-48-44-40-36-32-28-24-20-16-12-8-4)72-92-79(84)66-62-58-54-50-46-42-38-34-30-26-22-18-14-10-6-2/h9-10,13-14,21-23,25-27,33-40,46,50,58,62,75-77,82H,5-8,11-12,15-20,24,28-32,41-45,47-49,51-57,59-61,63-74H2,1-4H3,(H,87,88)(H,89,90)/b13-9-,14-10-,25-21-,26-22-,27-23-,37-33-,38-34-,39-35-,40-36-,50-46-,62-58-. The number of rotatable bonds is 71. The van der Waals surface area contributed by atoms with Gasteiger partial charge >= 0.3 is 39.5 Å². The summed E-state index contributed by atoms with van der Waals surface area (Å²) in [5.74, 6) is -2.37. The number of aliphatic hydroxyl groups is 1. The number of unbranched alkanes of at least 4 members (excludes halogenated alkanes) is 24. The third-order valence-electron chi connectivity index (χ3n) is 15.6. The number of aliphatic hydroxyl groups excluding tert-OH is 1. The third-order valence-corrected chi connectivity index (χ3v) is 17.5. The zero-order chi connectivity index (χ0) is 73.2. The lowest BCUT2D eigenvalue weighted by Crippen LogP contribution is -2.30. The number of ether oxygens (including phenoxy) is 4. The molecule has 0 spiro atoms. The van der Waals surface area contributed by atoms with Gasteiger partial charge in [0.05, 0.1) is 32.8 Å². The van der Waals surface area contributed by atoms with Crippen molar-refractivity contribution in [2.75, 3.05) is 39.6 Å². The SMILES string of the molecule is CC/C=C\C/C=C\C/C=C\C/C=C\C/C=C\CC(=O)OCC(COP(=O)(O)OCC(O)COP(=O)(O)OCC(COC(=O)CCCCCCC/C=C\C/C=C\C/C=C\CC)OC(=O)CCCCCCC/C=C\C/C=C\CCCCC)OC(=O)CCCCCCC/C=C\CCCCCCCC. The molecular weight excluding hydrogens is 1310 g/mol. The second-order valence-electron chi connectivity index (χ2n) is 25.2. The van der Waals surface area contributed by atoms with Gasteiger partial charge in [0.15, 0.2) is 12.2 Å². The van der Waals surface area contributed by atoms with E-state index < -0.39 is 97.5 Å². The van der Waals surface area contributed by atoms with Crippen molar-refractivity contribution in [3.8, 4) is 0 Å². The Morgan fingerprint density at radius 1 is 0.300 bits per heavy atom. The Labute approximate surface area is 605 Å². The number of hydrogen-bond acceptors (Lipinski definition) is 15. The number of allylic oxidation sites excluding steroid dienone is 21. The fourth-order valence-electron chi connectivity index (χ4n) is 9.80. The van der Waals surface area contributed by atoms with Crippen molar-refractivity contribution in [3.05, 3.63) is 134 Å². The Morgan fingerprint density at radius 3 is 0.920 bits per heavy atom. The summed E-state index contributed by atoms with van der Waals surface area (Å²) in [4.78, 5) is 72.8. The van der Waals surface area contributed by atoms with Crippen molar-refractivity contribution in [2.24, 2.45) is 0 Å². The molecule has 0 heterocycles. The molecule has 0 amide bonds. The van der Waals surface area contributed by atoms with Crippen LogP contribution in [-0.2, 0) is 65.4 Å². The molecule has 572 valence electrons. The van der Waals surface area contributed by atoms with E-state index in [9.17, 15) is 43.2 Å². The predicted octanol–water partition coefficient (Wildman–Crippen LogP) is 22.1. The maximum atomic E-state index is 13.1. The average molecular weight is 1440 g/mol. The summed E-state index contributed by atoms with van der Waals surface area (Å²) in [5, 5.41) is 10.6. The first kappa shape index (κ1) is 95.2. The molecule has 100 heavy (non-hydrogen) atoms. The fraction of sp³-hybridized carbons (Fsp3) is 0.679. The van der Waals surface area contributed by atoms with E-state index in [0.29, 0.717) is 25.7 Å². The lowest BCUT2D eigenvalue weighted by Gasteiger charge is -2.21. The highest BCUT2D eigenvalue weighted by atomic mass is 31.2. The van der Waals surface area contributed by atoms with Gasteiger partial charge in [-0.1, -0.05) is 264 Å². The van der Waals surface area contributed by atoms with Crippen LogP contribution in [0.3, 0.4) is 0 Å². The minimum Gasteiger partial charge on any atom is -0.462 e. The predicted molar refractivity (Wildman–Crippen MR) is 408 cm³/mol. The molecule has 5 atom stereocenters. The Bertz CT molecular complexity index is 2420. The summed E-state index contributed by atoms with van der Waals surface area (Å²) in [5.41, 5.74) is 0. The van der Waals surface area contributed by atoms with Crippen LogP contribution in [0.4, 0.5) is 0 Å². The van der Waals surface area contributed by atoms with E-state index in [1.165, 1.54) is 57.8 Å². The van der Waals surface area contributed by atoms with Crippen LogP contribution in [0.5, 0.6) is 0 Å². The second-order valence-corrected chi connectivity index (χ2v) is 28.1. The van der Waals surface area contributed by atoms with Crippen LogP contribution in [-0.4, -0.2) is 96.7 Å². The molecule has 0 aliphatic rings. The number of carbonyl (C=O) groups excluding carboxylic acids is 4. The molecule has 0 bridgehead atoms. The second kappa shape index (κ2) is 72.5. The van der Waals surface area contributed by atoms with Crippen molar-refractivity contribution in [1.29, 1.82) is 0 Å². The average Bonchev–Trinajstić information content (AvgIpc) is 1.01. The van der Waals surface area contributed by atoms with Gasteiger partial charge in [-0.2, -0.15) is 0 Å². The van der Waals surface area contributed by atoms with Gasteiger partial charge in [-0.05, 0) is 141 Å². The van der Waals surface area contributed by atoms with Gasteiger partial charge in [0.25, 0.3) is 0 Å². The summed E-state index contributed by atoms with van der Waals surface area (Å²) in [6.45, 7) is 4.45. The van der Waals surface area contributed by atoms with Gasteiger partial charge in [0.1, 0.15) is 19.3 Å². The van der Waals surface area contributed by atoms with Crippen LogP contribution in [0.25, 0.3) is 0 Å². The van der Waals surface area contributed by atoms with Crippen molar-refractivity contribution in [2.45, 2.75) is 316 Å². The largest absolute Gasteiger partial charge is 0.472 e. The molecule has 0 saturated heterocycles. The van der Waals surface area contributed by atoms with Crippen LogP contribution in [0.15, 0.2) is 134 Å². The molecule has 5 unspecified atom stereocenters. The van der Waals surface area contributed by atoms with Crippen molar-refractivity contribution >= 4 is 39.5 Å². The lowest BCUT2D eigenvalue weighted by atomic mass is 10.1. The molecule has 0 saturated carbocycles. The lowest BCUT2D eigenvalue weighted by molar-refractivity contribution is -0.161. The van der Waals surface area contributed by atoms with Crippen LogP contribution >= 0.6 is 15.6 Å². The minimum atomic E-state index is -5.00. The molecule has 0 aromatic rings. The normalized spacial score (nSPS) is 14.7. The molecule has 19 heteroatoms. The van der Waals surface area contributed by atoms with Gasteiger partial charge in [-0.25, -0.2) is 9.13 Å². The minimum absolute atomic E-state index is 0.0626. The summed E-state index contributed by atoms with van der Waals surface area (Å²) < 4.78 is 68.3. The highest BCUT2D eigenvalue weighted by Gasteiger charge is 2.30. The van der Waals surface area contributed by atoms with E-state index in [1.54, 1.807) is 6.08 Å². The van der Waals surface area contributed by atoms with Crippen molar-refractivity contribution < 1.29 is 80.2 Å². The van der Waals surface area contributed by atoms with Crippen molar-refractivity contribution in [1.82, 2.24) is 0 Å². The molecule has 0 fully saturated rings. The Hall–Kier alpha value is -4.80. The molecule has 0 aliphatic carbocycles. The van der Waals surface area contributed by atoms with Gasteiger partial charge in [0, 0.05) is 19.3 Å². The van der Waals surface area contributed by atoms with E-state index in [1.807, 2.05) is 18.2 Å². The quantitative estimate of drug-likeness (QED) is 0.0169. The fourth-order valence-corrected chi connectivity index (χ4v) is 11.4. The first-order valence-corrected chi connectivity index (χ1v) is 41.4. The third kappa shape index (κ3) is 71.6. The molecule has 0 rings (SSSR count). The number of esters is 4. The number of carbonyl (C=O) groups is 4. The molecule has 0 aliphatic heterocycles. The maximum absolute atomic E-state index is 13.1. The van der Waals surface area contributed by atoms with E-state index >= 15 is 0 Å². The van der Waals surface area contributed by atoms with Crippen LogP contribution < -0.4 is 0 Å². The van der Waals surface area contributed by atoms with Crippen LogP contribution in [0.2, 0.25) is 0 Å². The molecule has 0 radical (unpaired) electrons. The number of hydrogen-bond donors (Lipinski definition) is 3. The van der Waals surface area contributed by atoms with Gasteiger partial charge in [-0.3, -0.25) is 37.3 Å². The highest BCUT2D eigenvalue weighted by molar-refractivity contribution is 7.47. The van der Waals surface area contributed by atoms with E-state index in [0.717, 1.165) is 161 Å². The number of phosphoric ester groups is 2. The smallest absolute Gasteiger partial charge is 0.462 e. The summed E-state index contributed by atoms with van der Waals surface area (Å²) in [6.07, 6.45) is 80.4. The van der Waals surface area contributed by atoms with E-state index in [-0.39, 0.29) is 25.7 Å².